The Morgan fingerprint density at radius 1 is 1.33 bits per heavy atom. The van der Waals surface area contributed by atoms with Crippen LogP contribution in [0.1, 0.15) is 68.8 Å². The maximum absolute atomic E-state index is 12.4. The van der Waals surface area contributed by atoms with Crippen LogP contribution in [0.3, 0.4) is 0 Å². The number of nitrogens with zero attached hydrogens (tertiary/aromatic N) is 2. The Morgan fingerprint density at radius 3 is 2.85 bits per heavy atom. The van der Waals surface area contributed by atoms with Gasteiger partial charge < -0.3 is 5.32 Å². The first kappa shape index (κ1) is 19.9. The van der Waals surface area contributed by atoms with E-state index in [1.165, 1.54) is 49.4 Å². The number of carbonyl (C=O) groups excluding carboxylic acids is 1. The SMILES string of the molecule is Cc1cccc(C(C)C)c1NC(=O)CSc1n[nH]c(CCC2CCCC2)n1. The topological polar surface area (TPSA) is 70.7 Å². The van der Waals surface area contributed by atoms with E-state index in [-0.39, 0.29) is 5.91 Å². The van der Waals surface area contributed by atoms with Gasteiger partial charge in [-0.25, -0.2) is 4.98 Å². The normalized spacial score (nSPS) is 14.8. The summed E-state index contributed by atoms with van der Waals surface area (Å²) in [5.74, 6) is 2.44. The fourth-order valence-electron chi connectivity index (χ4n) is 3.74. The molecule has 146 valence electrons. The van der Waals surface area contributed by atoms with Crippen molar-refractivity contribution in [3.8, 4) is 0 Å². The summed E-state index contributed by atoms with van der Waals surface area (Å²) < 4.78 is 0. The highest BCUT2D eigenvalue weighted by atomic mass is 32.2. The van der Waals surface area contributed by atoms with Gasteiger partial charge >= 0.3 is 0 Å². The molecule has 0 unspecified atom stereocenters. The third-order valence-electron chi connectivity index (χ3n) is 5.30. The fraction of sp³-hybridized carbons (Fsp3) is 0.571. The van der Waals surface area contributed by atoms with Crippen molar-refractivity contribution in [1.29, 1.82) is 0 Å². The molecule has 0 bridgehead atoms. The molecule has 6 heteroatoms. The van der Waals surface area contributed by atoms with Gasteiger partial charge in [0.05, 0.1) is 5.75 Å². The molecule has 0 aliphatic heterocycles. The van der Waals surface area contributed by atoms with Gasteiger partial charge in [0.2, 0.25) is 11.1 Å². The Bertz CT molecular complexity index is 765. The van der Waals surface area contributed by atoms with E-state index in [2.05, 4.69) is 40.4 Å². The smallest absolute Gasteiger partial charge is 0.234 e. The van der Waals surface area contributed by atoms with Gasteiger partial charge in [-0.3, -0.25) is 9.89 Å². The van der Waals surface area contributed by atoms with Crippen LogP contribution in [0.5, 0.6) is 0 Å². The third-order valence-corrected chi connectivity index (χ3v) is 6.15. The lowest BCUT2D eigenvalue weighted by atomic mass is 9.98. The molecule has 3 rings (SSSR count). The first-order valence-corrected chi connectivity index (χ1v) is 10.9. The first-order chi connectivity index (χ1) is 13.0. The van der Waals surface area contributed by atoms with Crippen molar-refractivity contribution in [2.45, 2.75) is 70.4 Å². The third kappa shape index (κ3) is 5.58. The van der Waals surface area contributed by atoms with E-state index in [0.29, 0.717) is 16.8 Å². The minimum Gasteiger partial charge on any atom is -0.325 e. The largest absolute Gasteiger partial charge is 0.325 e. The zero-order valence-corrected chi connectivity index (χ0v) is 17.4. The molecule has 1 amide bonds. The fourth-order valence-corrected chi connectivity index (χ4v) is 4.36. The molecule has 0 saturated heterocycles. The van der Waals surface area contributed by atoms with E-state index in [0.717, 1.165) is 29.4 Å². The number of aryl methyl sites for hydroxylation is 2. The molecule has 27 heavy (non-hydrogen) atoms. The summed E-state index contributed by atoms with van der Waals surface area (Å²) in [5.41, 5.74) is 3.19. The van der Waals surface area contributed by atoms with Gasteiger partial charge in [-0.1, -0.05) is 69.5 Å². The number of anilines is 1. The summed E-state index contributed by atoms with van der Waals surface area (Å²) in [5, 5.41) is 11.0. The highest BCUT2D eigenvalue weighted by molar-refractivity contribution is 7.99. The van der Waals surface area contributed by atoms with Gasteiger partial charge in [-0.05, 0) is 36.3 Å². The van der Waals surface area contributed by atoms with Crippen LogP contribution in [-0.2, 0) is 11.2 Å². The van der Waals surface area contributed by atoms with E-state index in [9.17, 15) is 4.79 Å². The van der Waals surface area contributed by atoms with Gasteiger partial charge in [0.1, 0.15) is 5.82 Å². The molecule has 1 aromatic heterocycles. The zero-order valence-electron chi connectivity index (χ0n) is 16.5. The van der Waals surface area contributed by atoms with Crippen molar-refractivity contribution in [3.05, 3.63) is 35.2 Å². The predicted octanol–water partition coefficient (Wildman–Crippen LogP) is 5.09. The maximum atomic E-state index is 12.4. The monoisotopic (exact) mass is 386 g/mol. The number of nitrogens with one attached hydrogen (secondary N) is 2. The van der Waals surface area contributed by atoms with Gasteiger partial charge in [-0.2, -0.15) is 0 Å². The number of aromatic amines is 1. The summed E-state index contributed by atoms with van der Waals surface area (Å²) in [6.45, 7) is 6.31. The van der Waals surface area contributed by atoms with Gasteiger partial charge in [-0.15, -0.1) is 5.10 Å². The molecule has 2 aromatic rings. The second-order valence-electron chi connectivity index (χ2n) is 7.78. The number of carbonyl (C=O) groups is 1. The lowest BCUT2D eigenvalue weighted by Gasteiger charge is -2.16. The van der Waals surface area contributed by atoms with Crippen molar-refractivity contribution in [2.75, 3.05) is 11.1 Å². The van der Waals surface area contributed by atoms with Crippen LogP contribution >= 0.6 is 11.8 Å². The first-order valence-electron chi connectivity index (χ1n) is 9.96. The van der Waals surface area contributed by atoms with Gasteiger partial charge in [0.25, 0.3) is 0 Å². The van der Waals surface area contributed by atoms with E-state index < -0.39 is 0 Å². The van der Waals surface area contributed by atoms with Gasteiger partial charge in [0.15, 0.2) is 0 Å². The van der Waals surface area contributed by atoms with E-state index in [1.807, 2.05) is 19.1 Å². The molecule has 1 aromatic carbocycles. The Morgan fingerprint density at radius 2 is 2.11 bits per heavy atom. The molecule has 1 aliphatic rings. The number of para-hydroxylation sites is 1. The minimum absolute atomic E-state index is 0.0199. The molecular formula is C21H30N4OS. The van der Waals surface area contributed by atoms with Crippen molar-refractivity contribution in [3.63, 3.8) is 0 Å². The summed E-state index contributed by atoms with van der Waals surface area (Å²) in [4.78, 5) is 17.0. The standard InChI is InChI=1S/C21H30N4OS/c1-14(2)17-10-6-7-15(3)20(17)23-19(26)13-27-21-22-18(24-25-21)12-11-16-8-4-5-9-16/h6-7,10,14,16H,4-5,8-9,11-13H2,1-3H3,(H,23,26)(H,22,24,25). The van der Waals surface area contributed by atoms with Crippen LogP contribution in [0.25, 0.3) is 0 Å². The number of benzene rings is 1. The zero-order chi connectivity index (χ0) is 19.2. The Labute approximate surface area is 166 Å². The van der Waals surface area contributed by atoms with Crippen molar-refractivity contribution >= 4 is 23.4 Å². The molecule has 5 nitrogen and oxygen atoms in total. The Kier molecular flexibility index (Phi) is 6.94. The average molecular weight is 387 g/mol. The van der Waals surface area contributed by atoms with Crippen molar-refractivity contribution in [2.24, 2.45) is 5.92 Å². The van der Waals surface area contributed by atoms with E-state index in [4.69, 9.17) is 0 Å². The summed E-state index contributed by atoms with van der Waals surface area (Å²) in [6, 6.07) is 6.14. The molecular weight excluding hydrogens is 356 g/mol. The van der Waals surface area contributed by atoms with Crippen LogP contribution in [0.4, 0.5) is 5.69 Å². The summed E-state index contributed by atoms with van der Waals surface area (Å²) in [6.07, 6.45) is 7.59. The molecule has 1 aliphatic carbocycles. The quantitative estimate of drug-likeness (QED) is 0.620. The number of rotatable bonds is 8. The average Bonchev–Trinajstić information content (AvgIpc) is 3.31. The number of aromatic nitrogens is 3. The second kappa shape index (κ2) is 9.40. The summed E-state index contributed by atoms with van der Waals surface area (Å²) in [7, 11) is 0. The molecule has 0 radical (unpaired) electrons. The van der Waals surface area contributed by atoms with Crippen LogP contribution in [0.2, 0.25) is 0 Å². The number of amides is 1. The Balaban J connectivity index is 1.50. The lowest BCUT2D eigenvalue weighted by Crippen LogP contribution is -2.16. The van der Waals surface area contributed by atoms with Crippen LogP contribution in [0.15, 0.2) is 23.4 Å². The van der Waals surface area contributed by atoms with E-state index >= 15 is 0 Å². The number of hydrogen-bond acceptors (Lipinski definition) is 4. The molecule has 1 fully saturated rings. The minimum atomic E-state index is -0.0199. The molecule has 1 heterocycles. The number of thioether (sulfide) groups is 1. The molecule has 0 spiro atoms. The maximum Gasteiger partial charge on any atom is 0.234 e. The van der Waals surface area contributed by atoms with Crippen LogP contribution in [0, 0.1) is 12.8 Å². The Hall–Kier alpha value is -1.82. The number of H-pyrrole nitrogens is 1. The van der Waals surface area contributed by atoms with Crippen molar-refractivity contribution < 1.29 is 4.79 Å². The van der Waals surface area contributed by atoms with E-state index in [1.54, 1.807) is 0 Å². The molecule has 1 saturated carbocycles. The number of hydrogen-bond donors (Lipinski definition) is 2. The molecule has 0 atom stereocenters. The van der Waals surface area contributed by atoms with Gasteiger partial charge in [0, 0.05) is 12.1 Å². The molecule has 2 N–H and O–H groups in total. The van der Waals surface area contributed by atoms with Crippen LogP contribution < -0.4 is 5.32 Å². The predicted molar refractivity (Wildman–Crippen MR) is 111 cm³/mol. The lowest BCUT2D eigenvalue weighted by molar-refractivity contribution is -0.113. The highest BCUT2D eigenvalue weighted by Gasteiger charge is 2.16. The highest BCUT2D eigenvalue weighted by Crippen LogP contribution is 2.29. The van der Waals surface area contributed by atoms with Crippen molar-refractivity contribution in [1.82, 2.24) is 15.2 Å². The second-order valence-corrected chi connectivity index (χ2v) is 8.73. The summed E-state index contributed by atoms with van der Waals surface area (Å²) >= 11 is 1.38. The van der Waals surface area contributed by atoms with Crippen LogP contribution in [-0.4, -0.2) is 26.8 Å².